The Bertz CT molecular complexity index is 1030. The molecule has 7 heteroatoms. The lowest BCUT2D eigenvalue weighted by molar-refractivity contribution is -0.118. The van der Waals surface area contributed by atoms with Gasteiger partial charge in [0.05, 0.1) is 11.7 Å². The maximum atomic E-state index is 12.3. The zero-order valence-electron chi connectivity index (χ0n) is 18.6. The van der Waals surface area contributed by atoms with Crippen molar-refractivity contribution >= 4 is 12.0 Å². The van der Waals surface area contributed by atoms with E-state index in [4.69, 9.17) is 10.5 Å². The first-order valence-electron chi connectivity index (χ1n) is 10.9. The minimum atomic E-state index is -0.371. The number of aromatic nitrogens is 1. The van der Waals surface area contributed by atoms with Crippen molar-refractivity contribution in [3.05, 3.63) is 90.4 Å². The van der Waals surface area contributed by atoms with Crippen molar-refractivity contribution in [2.75, 3.05) is 6.54 Å². The molecule has 1 fully saturated rings. The summed E-state index contributed by atoms with van der Waals surface area (Å²) in [7, 11) is 0. The predicted octanol–water partition coefficient (Wildman–Crippen LogP) is 5.11. The van der Waals surface area contributed by atoms with Crippen LogP contribution in [0.2, 0.25) is 0 Å². The molecule has 0 saturated carbocycles. The number of carbonyl (C=O) groups is 2. The van der Waals surface area contributed by atoms with E-state index in [9.17, 15) is 14.0 Å². The van der Waals surface area contributed by atoms with Crippen LogP contribution in [-0.2, 0) is 9.53 Å². The minimum absolute atomic E-state index is 0.0858. The summed E-state index contributed by atoms with van der Waals surface area (Å²) in [6.07, 6.45) is 2.63. The van der Waals surface area contributed by atoms with Crippen LogP contribution >= 0.6 is 0 Å². The number of hydrogen-bond donors (Lipinski definition) is 1. The second kappa shape index (κ2) is 11.8. The van der Waals surface area contributed by atoms with Gasteiger partial charge in [0.15, 0.2) is 0 Å². The molecule has 2 aromatic carbocycles. The molecule has 0 bridgehead atoms. The first-order valence-corrected chi connectivity index (χ1v) is 10.9. The second-order valence-electron chi connectivity index (χ2n) is 7.80. The number of benzene rings is 2. The summed E-state index contributed by atoms with van der Waals surface area (Å²) in [5.74, 6) is -0.549. The van der Waals surface area contributed by atoms with Crippen molar-refractivity contribution in [1.29, 1.82) is 0 Å². The van der Waals surface area contributed by atoms with Crippen LogP contribution in [0.25, 0.3) is 11.3 Å². The third-order valence-electron chi connectivity index (χ3n) is 5.46. The second-order valence-corrected chi connectivity index (χ2v) is 7.80. The smallest absolute Gasteiger partial charge is 0.410 e. The number of nitrogens with two attached hydrogens (primary N) is 1. The highest BCUT2D eigenvalue weighted by atomic mass is 19.1. The molecular formula is C26H28FN3O3. The maximum Gasteiger partial charge on any atom is 0.410 e. The Morgan fingerprint density at radius 2 is 1.82 bits per heavy atom. The molecule has 33 heavy (non-hydrogen) atoms. The third kappa shape index (κ3) is 7.14. The van der Waals surface area contributed by atoms with Crippen LogP contribution in [0.5, 0.6) is 0 Å². The molecule has 0 aliphatic carbocycles. The number of amides is 2. The van der Waals surface area contributed by atoms with Gasteiger partial charge in [0.1, 0.15) is 11.9 Å². The number of hydrogen-bond acceptors (Lipinski definition) is 4. The van der Waals surface area contributed by atoms with E-state index >= 15 is 0 Å². The Balaban J connectivity index is 0.000000374. The van der Waals surface area contributed by atoms with Crippen molar-refractivity contribution in [3.63, 3.8) is 0 Å². The molecule has 2 unspecified atom stereocenters. The number of carbonyl (C=O) groups excluding carboxylic acids is 2. The summed E-state index contributed by atoms with van der Waals surface area (Å²) >= 11 is 0. The van der Waals surface area contributed by atoms with Crippen LogP contribution in [0.1, 0.15) is 37.8 Å². The van der Waals surface area contributed by atoms with Crippen LogP contribution in [0.4, 0.5) is 9.18 Å². The van der Waals surface area contributed by atoms with Gasteiger partial charge in [0.25, 0.3) is 0 Å². The van der Waals surface area contributed by atoms with Crippen molar-refractivity contribution < 1.29 is 18.7 Å². The molecule has 2 heterocycles. The monoisotopic (exact) mass is 449 g/mol. The van der Waals surface area contributed by atoms with E-state index in [-0.39, 0.29) is 36.4 Å². The van der Waals surface area contributed by atoms with Gasteiger partial charge in [-0.05, 0) is 43.2 Å². The Morgan fingerprint density at radius 3 is 2.36 bits per heavy atom. The lowest BCUT2D eigenvalue weighted by Gasteiger charge is -2.35. The fraction of sp³-hybridized carbons (Fsp3) is 0.269. The summed E-state index contributed by atoms with van der Waals surface area (Å²) in [5, 5.41) is 0. The van der Waals surface area contributed by atoms with Crippen molar-refractivity contribution in [3.8, 4) is 11.3 Å². The van der Waals surface area contributed by atoms with E-state index in [1.54, 1.807) is 29.3 Å². The van der Waals surface area contributed by atoms with E-state index in [0.717, 1.165) is 16.8 Å². The van der Waals surface area contributed by atoms with Crippen LogP contribution in [0.15, 0.2) is 79.0 Å². The molecule has 1 aliphatic rings. The molecule has 0 radical (unpaired) electrons. The summed E-state index contributed by atoms with van der Waals surface area (Å²) in [6.45, 7) is 2.59. The SMILES string of the molecule is CC(c1ccc(-c2ccccn2)cc1)N1CCC(CCC(N)=O)OC1=O.Fc1ccccc1. The fourth-order valence-electron chi connectivity index (χ4n) is 3.56. The van der Waals surface area contributed by atoms with Gasteiger partial charge in [0, 0.05) is 31.1 Å². The van der Waals surface area contributed by atoms with E-state index in [1.165, 1.54) is 12.1 Å². The third-order valence-corrected chi connectivity index (χ3v) is 5.46. The quantitative estimate of drug-likeness (QED) is 0.567. The van der Waals surface area contributed by atoms with Gasteiger partial charge < -0.3 is 15.4 Å². The fourth-order valence-corrected chi connectivity index (χ4v) is 3.56. The van der Waals surface area contributed by atoms with E-state index in [1.807, 2.05) is 49.4 Å². The van der Waals surface area contributed by atoms with Crippen LogP contribution in [-0.4, -0.2) is 34.5 Å². The first-order chi connectivity index (χ1) is 15.9. The molecule has 4 rings (SSSR count). The molecule has 2 atom stereocenters. The van der Waals surface area contributed by atoms with E-state index in [2.05, 4.69) is 4.98 Å². The number of ether oxygens (including phenoxy) is 1. The molecule has 0 spiro atoms. The largest absolute Gasteiger partial charge is 0.446 e. The van der Waals surface area contributed by atoms with Gasteiger partial charge in [-0.3, -0.25) is 9.78 Å². The highest BCUT2D eigenvalue weighted by Crippen LogP contribution is 2.28. The number of halogens is 1. The number of primary amides is 1. The maximum absolute atomic E-state index is 12.3. The number of cyclic esters (lactones) is 1. The average molecular weight is 450 g/mol. The molecule has 2 amide bonds. The van der Waals surface area contributed by atoms with Crippen LogP contribution in [0, 0.1) is 5.82 Å². The normalized spacial score (nSPS) is 16.2. The molecule has 2 N–H and O–H groups in total. The van der Waals surface area contributed by atoms with Crippen molar-refractivity contribution in [2.45, 2.75) is 38.3 Å². The molecule has 3 aromatic rings. The first kappa shape index (κ1) is 23.9. The zero-order chi connectivity index (χ0) is 23.6. The summed E-state index contributed by atoms with van der Waals surface area (Å²) in [4.78, 5) is 29.3. The highest BCUT2D eigenvalue weighted by Gasteiger charge is 2.31. The molecule has 6 nitrogen and oxygen atoms in total. The molecule has 172 valence electrons. The van der Waals surface area contributed by atoms with Crippen molar-refractivity contribution in [2.24, 2.45) is 5.73 Å². The predicted molar refractivity (Wildman–Crippen MR) is 125 cm³/mol. The molecular weight excluding hydrogens is 421 g/mol. The van der Waals surface area contributed by atoms with Gasteiger partial charge in [-0.1, -0.05) is 48.5 Å². The van der Waals surface area contributed by atoms with Gasteiger partial charge in [-0.2, -0.15) is 0 Å². The van der Waals surface area contributed by atoms with E-state index < -0.39 is 0 Å². The standard InChI is InChI=1S/C20H23N3O3.C6H5F/c1-14(23-13-11-17(26-20(23)25)9-10-19(21)24)15-5-7-16(8-6-15)18-4-2-3-12-22-18;7-6-4-2-1-3-5-6/h2-8,12,14,17H,9-11,13H2,1H3,(H2,21,24);1-5H. The Labute approximate surface area is 193 Å². The Morgan fingerprint density at radius 1 is 1.12 bits per heavy atom. The van der Waals surface area contributed by atoms with Gasteiger partial charge >= 0.3 is 6.09 Å². The van der Waals surface area contributed by atoms with E-state index in [0.29, 0.717) is 19.4 Å². The zero-order valence-corrected chi connectivity index (χ0v) is 18.6. The number of rotatable bonds is 6. The molecule has 1 aliphatic heterocycles. The molecule has 1 saturated heterocycles. The van der Waals surface area contributed by atoms with Gasteiger partial charge in [0.2, 0.25) is 5.91 Å². The van der Waals surface area contributed by atoms with Crippen LogP contribution < -0.4 is 5.73 Å². The highest BCUT2D eigenvalue weighted by molar-refractivity contribution is 5.74. The summed E-state index contributed by atoms with van der Waals surface area (Å²) in [5.41, 5.74) is 8.15. The lowest BCUT2D eigenvalue weighted by atomic mass is 10.0. The van der Waals surface area contributed by atoms with Crippen molar-refractivity contribution in [1.82, 2.24) is 9.88 Å². The topological polar surface area (TPSA) is 85.5 Å². The summed E-state index contributed by atoms with van der Waals surface area (Å²) < 4.78 is 17.4. The Kier molecular flexibility index (Phi) is 8.52. The summed E-state index contributed by atoms with van der Waals surface area (Å²) in [6, 6.07) is 21.7. The molecule has 1 aromatic heterocycles. The van der Waals surface area contributed by atoms with Gasteiger partial charge in [-0.15, -0.1) is 0 Å². The number of nitrogens with zero attached hydrogens (tertiary/aromatic N) is 2. The number of pyridine rings is 1. The lowest BCUT2D eigenvalue weighted by Crippen LogP contribution is -2.43. The van der Waals surface area contributed by atoms with Crippen LogP contribution in [0.3, 0.4) is 0 Å². The Hall–Kier alpha value is -3.74. The average Bonchev–Trinajstić information content (AvgIpc) is 2.84. The van der Waals surface area contributed by atoms with Gasteiger partial charge in [-0.25, -0.2) is 9.18 Å². The minimum Gasteiger partial charge on any atom is -0.446 e.